The first kappa shape index (κ1) is 14.5. The highest BCUT2D eigenvalue weighted by Crippen LogP contribution is 2.37. The second-order valence-electron chi connectivity index (χ2n) is 6.01. The molecule has 5 heteroatoms. The zero-order valence-corrected chi connectivity index (χ0v) is 12.9. The fourth-order valence-electron chi connectivity index (χ4n) is 2.72. The van der Waals surface area contributed by atoms with Crippen LogP contribution in [0.3, 0.4) is 0 Å². The van der Waals surface area contributed by atoms with Crippen molar-refractivity contribution >= 4 is 21.6 Å². The number of rotatable bonds is 4. The van der Waals surface area contributed by atoms with Gasteiger partial charge in [0.1, 0.15) is 0 Å². The Morgan fingerprint density at radius 3 is 2.84 bits per heavy atom. The van der Waals surface area contributed by atoms with Gasteiger partial charge in [0.15, 0.2) is 0 Å². The molecule has 1 aromatic rings. The third-order valence-electron chi connectivity index (χ3n) is 3.79. The van der Waals surface area contributed by atoms with E-state index in [-0.39, 0.29) is 10.6 Å². The van der Waals surface area contributed by atoms with E-state index in [0.717, 1.165) is 22.9 Å². The molecule has 0 radical (unpaired) electrons. The summed E-state index contributed by atoms with van der Waals surface area (Å²) in [5, 5.41) is 14.5. The van der Waals surface area contributed by atoms with Crippen molar-refractivity contribution < 1.29 is 4.92 Å². The predicted molar refractivity (Wildman–Crippen MR) is 79.1 cm³/mol. The van der Waals surface area contributed by atoms with Crippen LogP contribution in [0.25, 0.3) is 0 Å². The maximum atomic E-state index is 11.0. The number of nitro benzene ring substituents is 1. The number of halogens is 1. The van der Waals surface area contributed by atoms with Gasteiger partial charge in [-0.05, 0) is 36.8 Å². The highest BCUT2D eigenvalue weighted by molar-refractivity contribution is 9.10. The fraction of sp³-hybridized carbons (Fsp3) is 0.571. The van der Waals surface area contributed by atoms with Gasteiger partial charge in [-0.3, -0.25) is 10.1 Å². The monoisotopic (exact) mass is 326 g/mol. The van der Waals surface area contributed by atoms with Crippen LogP contribution in [0.1, 0.15) is 38.7 Å². The second-order valence-corrected chi connectivity index (χ2v) is 6.93. The quantitative estimate of drug-likeness (QED) is 0.671. The van der Waals surface area contributed by atoms with Crippen molar-refractivity contribution in [3.63, 3.8) is 0 Å². The standard InChI is InChI=1S/C14H19BrN2O2/c1-14(2)6-5-12(8-14)16-9-10-3-4-11(15)7-13(10)17(18)19/h3-4,7,12,16H,5-6,8-9H2,1-2H3. The van der Waals surface area contributed by atoms with Crippen LogP contribution in [-0.4, -0.2) is 11.0 Å². The first-order chi connectivity index (χ1) is 8.87. The van der Waals surface area contributed by atoms with Crippen molar-refractivity contribution in [2.45, 2.75) is 45.7 Å². The van der Waals surface area contributed by atoms with Crippen molar-refractivity contribution in [2.24, 2.45) is 5.41 Å². The minimum Gasteiger partial charge on any atom is -0.310 e. The molecule has 0 amide bonds. The fourth-order valence-corrected chi connectivity index (χ4v) is 3.07. The lowest BCUT2D eigenvalue weighted by molar-refractivity contribution is -0.385. The summed E-state index contributed by atoms with van der Waals surface area (Å²) in [7, 11) is 0. The van der Waals surface area contributed by atoms with E-state index in [2.05, 4.69) is 35.1 Å². The molecule has 1 N–H and O–H groups in total. The summed E-state index contributed by atoms with van der Waals surface area (Å²) in [6.07, 6.45) is 3.50. The Balaban J connectivity index is 2.02. The summed E-state index contributed by atoms with van der Waals surface area (Å²) in [4.78, 5) is 10.7. The molecular formula is C14H19BrN2O2. The Kier molecular flexibility index (Phi) is 4.26. The van der Waals surface area contributed by atoms with Gasteiger partial charge in [-0.15, -0.1) is 0 Å². The number of nitro groups is 1. The first-order valence-corrected chi connectivity index (χ1v) is 7.33. The first-order valence-electron chi connectivity index (χ1n) is 6.54. The topological polar surface area (TPSA) is 55.2 Å². The van der Waals surface area contributed by atoms with Gasteiger partial charge < -0.3 is 5.32 Å². The van der Waals surface area contributed by atoms with Crippen LogP contribution in [0.5, 0.6) is 0 Å². The third-order valence-corrected chi connectivity index (χ3v) is 4.29. The van der Waals surface area contributed by atoms with Crippen molar-refractivity contribution in [1.82, 2.24) is 5.32 Å². The molecule has 0 aliphatic heterocycles. The zero-order valence-electron chi connectivity index (χ0n) is 11.3. The average molecular weight is 327 g/mol. The Morgan fingerprint density at radius 1 is 1.53 bits per heavy atom. The lowest BCUT2D eigenvalue weighted by atomic mass is 9.92. The molecule has 19 heavy (non-hydrogen) atoms. The van der Waals surface area contributed by atoms with Crippen LogP contribution in [0.15, 0.2) is 22.7 Å². The smallest absolute Gasteiger partial charge is 0.275 e. The highest BCUT2D eigenvalue weighted by Gasteiger charge is 2.30. The lowest BCUT2D eigenvalue weighted by Gasteiger charge is -2.18. The Morgan fingerprint density at radius 2 is 2.26 bits per heavy atom. The molecule has 0 bridgehead atoms. The maximum Gasteiger partial charge on any atom is 0.275 e. The predicted octanol–water partition coefficient (Wildman–Crippen LogP) is 4.03. The van der Waals surface area contributed by atoms with Gasteiger partial charge in [-0.1, -0.05) is 29.8 Å². The molecular weight excluding hydrogens is 308 g/mol. The number of benzene rings is 1. The van der Waals surface area contributed by atoms with Crippen LogP contribution in [0, 0.1) is 15.5 Å². The number of hydrogen-bond acceptors (Lipinski definition) is 3. The molecule has 104 valence electrons. The van der Waals surface area contributed by atoms with Crippen molar-refractivity contribution in [1.29, 1.82) is 0 Å². The molecule has 2 rings (SSSR count). The van der Waals surface area contributed by atoms with Crippen molar-refractivity contribution in [2.75, 3.05) is 0 Å². The van der Waals surface area contributed by atoms with Crippen LogP contribution in [0.2, 0.25) is 0 Å². The van der Waals surface area contributed by atoms with E-state index in [9.17, 15) is 10.1 Å². The normalized spacial score (nSPS) is 21.5. The Labute approximate surface area is 121 Å². The minimum absolute atomic E-state index is 0.180. The summed E-state index contributed by atoms with van der Waals surface area (Å²) in [5.41, 5.74) is 1.32. The number of nitrogens with one attached hydrogen (secondary N) is 1. The van der Waals surface area contributed by atoms with Gasteiger partial charge in [0.2, 0.25) is 0 Å². The molecule has 1 unspecified atom stereocenters. The Hall–Kier alpha value is -0.940. The summed E-state index contributed by atoms with van der Waals surface area (Å²) < 4.78 is 0.741. The molecule has 1 fully saturated rings. The van der Waals surface area contributed by atoms with Gasteiger partial charge in [-0.25, -0.2) is 0 Å². The SMILES string of the molecule is CC1(C)CCC(NCc2ccc(Br)cc2[N+](=O)[O-])C1. The van der Waals surface area contributed by atoms with E-state index in [4.69, 9.17) is 0 Å². The minimum atomic E-state index is -0.319. The molecule has 1 saturated carbocycles. The lowest BCUT2D eigenvalue weighted by Crippen LogP contribution is -2.27. The average Bonchev–Trinajstić information content (AvgIpc) is 2.67. The third kappa shape index (κ3) is 3.76. The molecule has 4 nitrogen and oxygen atoms in total. The molecule has 0 spiro atoms. The van der Waals surface area contributed by atoms with E-state index in [1.807, 2.05) is 12.1 Å². The second kappa shape index (κ2) is 5.59. The zero-order chi connectivity index (χ0) is 14.0. The van der Waals surface area contributed by atoms with Crippen LogP contribution in [-0.2, 0) is 6.54 Å². The van der Waals surface area contributed by atoms with Gasteiger partial charge in [0, 0.05) is 28.7 Å². The largest absolute Gasteiger partial charge is 0.310 e. The summed E-state index contributed by atoms with van der Waals surface area (Å²) in [6, 6.07) is 5.70. The Bertz CT molecular complexity index is 488. The van der Waals surface area contributed by atoms with E-state index in [1.54, 1.807) is 6.07 Å². The molecule has 0 heterocycles. The molecule has 1 aromatic carbocycles. The van der Waals surface area contributed by atoms with Gasteiger partial charge in [0.25, 0.3) is 5.69 Å². The molecule has 1 atom stereocenters. The molecule has 1 aliphatic carbocycles. The summed E-state index contributed by atoms with van der Waals surface area (Å²) in [6.45, 7) is 5.11. The van der Waals surface area contributed by atoms with Gasteiger partial charge >= 0.3 is 0 Å². The van der Waals surface area contributed by atoms with Crippen LogP contribution < -0.4 is 5.32 Å². The van der Waals surface area contributed by atoms with E-state index in [1.165, 1.54) is 6.42 Å². The highest BCUT2D eigenvalue weighted by atomic mass is 79.9. The van der Waals surface area contributed by atoms with Crippen LogP contribution >= 0.6 is 15.9 Å². The number of hydrogen-bond donors (Lipinski definition) is 1. The summed E-state index contributed by atoms with van der Waals surface area (Å²) in [5.74, 6) is 0. The molecule has 0 saturated heterocycles. The van der Waals surface area contributed by atoms with Crippen molar-refractivity contribution in [3.05, 3.63) is 38.3 Å². The molecule has 0 aromatic heterocycles. The van der Waals surface area contributed by atoms with E-state index < -0.39 is 0 Å². The molecule has 1 aliphatic rings. The maximum absolute atomic E-state index is 11.0. The van der Waals surface area contributed by atoms with Crippen molar-refractivity contribution in [3.8, 4) is 0 Å². The van der Waals surface area contributed by atoms with Gasteiger partial charge in [-0.2, -0.15) is 0 Å². The van der Waals surface area contributed by atoms with E-state index >= 15 is 0 Å². The van der Waals surface area contributed by atoms with E-state index in [0.29, 0.717) is 18.0 Å². The summed E-state index contributed by atoms with van der Waals surface area (Å²) >= 11 is 3.27. The van der Waals surface area contributed by atoms with Gasteiger partial charge in [0.05, 0.1) is 4.92 Å². The van der Waals surface area contributed by atoms with Crippen LogP contribution in [0.4, 0.5) is 5.69 Å². The number of nitrogens with zero attached hydrogens (tertiary/aromatic N) is 1.